The molecule has 33 heavy (non-hydrogen) atoms. The van der Waals surface area contributed by atoms with Gasteiger partial charge in [-0.05, 0) is 59.9 Å². The number of ether oxygens (including phenoxy) is 1. The molecule has 0 unspecified atom stereocenters. The predicted octanol–water partition coefficient (Wildman–Crippen LogP) is 6.39. The van der Waals surface area contributed by atoms with Gasteiger partial charge in [0.25, 0.3) is 10.0 Å². The van der Waals surface area contributed by atoms with Crippen LogP contribution in [0.4, 0.5) is 5.69 Å². The van der Waals surface area contributed by atoms with Gasteiger partial charge in [-0.1, -0.05) is 65.8 Å². The third-order valence-corrected chi connectivity index (χ3v) is 7.35. The Morgan fingerprint density at radius 1 is 0.939 bits per heavy atom. The maximum atomic E-state index is 13.1. The molecule has 1 aliphatic heterocycles. The molecule has 0 fully saturated rings. The van der Waals surface area contributed by atoms with Gasteiger partial charge in [0.05, 0.1) is 12.3 Å². The van der Waals surface area contributed by atoms with Crippen molar-refractivity contribution in [2.24, 2.45) is 15.8 Å². The summed E-state index contributed by atoms with van der Waals surface area (Å²) >= 11 is 0. The maximum Gasteiger partial charge on any atom is 0.267 e. The Kier molecular flexibility index (Phi) is 7.27. The first kappa shape index (κ1) is 25.3. The highest BCUT2D eigenvalue weighted by atomic mass is 32.2. The lowest BCUT2D eigenvalue weighted by Crippen LogP contribution is -2.38. The van der Waals surface area contributed by atoms with Crippen molar-refractivity contribution in [3.05, 3.63) is 53.6 Å². The first-order chi connectivity index (χ1) is 15.3. The van der Waals surface area contributed by atoms with E-state index in [0.717, 1.165) is 18.6 Å². The van der Waals surface area contributed by atoms with E-state index in [1.54, 1.807) is 31.2 Å². The molecule has 5 nitrogen and oxygen atoms in total. The summed E-state index contributed by atoms with van der Waals surface area (Å²) in [5.41, 5.74) is 3.29. The van der Waals surface area contributed by atoms with Crippen LogP contribution in [0.3, 0.4) is 0 Å². The van der Waals surface area contributed by atoms with Crippen molar-refractivity contribution in [3.8, 4) is 5.75 Å². The number of sulfonamides is 1. The molecule has 0 N–H and O–H groups in total. The largest absolute Gasteiger partial charge is 0.493 e. The minimum Gasteiger partial charge on any atom is -0.493 e. The molecule has 0 spiro atoms. The van der Waals surface area contributed by atoms with Crippen LogP contribution >= 0.6 is 0 Å². The molecule has 6 heteroatoms. The molecule has 0 amide bonds. The fraction of sp³-hybridized carbons (Fsp3) is 0.519. The van der Waals surface area contributed by atoms with Crippen molar-refractivity contribution in [1.29, 1.82) is 0 Å². The first-order valence-corrected chi connectivity index (χ1v) is 13.1. The molecule has 2 aromatic rings. The number of nitrogens with zero attached hydrogens (tertiary/aromatic N) is 2. The molecule has 1 aliphatic rings. The summed E-state index contributed by atoms with van der Waals surface area (Å²) in [6.07, 6.45) is 2.47. The monoisotopic (exact) mass is 470 g/mol. The quantitative estimate of drug-likeness (QED) is 0.441. The summed E-state index contributed by atoms with van der Waals surface area (Å²) in [6.45, 7) is 15.9. The maximum absolute atomic E-state index is 13.1. The minimum absolute atomic E-state index is 0.145. The summed E-state index contributed by atoms with van der Waals surface area (Å²) in [5.74, 6) is 1.40. The fourth-order valence-electron chi connectivity index (χ4n) is 4.14. The summed E-state index contributed by atoms with van der Waals surface area (Å²) < 4.78 is 33.8. The van der Waals surface area contributed by atoms with E-state index in [0.29, 0.717) is 31.1 Å². The van der Waals surface area contributed by atoms with Crippen molar-refractivity contribution in [2.75, 3.05) is 13.2 Å². The zero-order valence-electron chi connectivity index (χ0n) is 21.1. The van der Waals surface area contributed by atoms with Gasteiger partial charge in [-0.15, -0.1) is 0 Å². The van der Waals surface area contributed by atoms with Crippen LogP contribution in [-0.4, -0.2) is 31.7 Å². The zero-order chi connectivity index (χ0) is 24.4. The molecule has 180 valence electrons. The van der Waals surface area contributed by atoms with Crippen LogP contribution in [0.5, 0.6) is 5.75 Å². The normalized spacial score (nSPS) is 15.7. The topological polar surface area (TPSA) is 59.0 Å². The molecule has 0 aromatic heterocycles. The average Bonchev–Trinajstić information content (AvgIpc) is 2.66. The van der Waals surface area contributed by atoms with E-state index in [1.807, 2.05) is 0 Å². The van der Waals surface area contributed by atoms with Crippen LogP contribution in [0.25, 0.3) is 0 Å². The lowest BCUT2D eigenvalue weighted by atomic mass is 9.85. The van der Waals surface area contributed by atoms with Gasteiger partial charge in [-0.25, -0.2) is 13.4 Å². The Hall–Kier alpha value is -2.34. The third kappa shape index (κ3) is 6.59. The first-order valence-electron chi connectivity index (χ1n) is 11.7. The minimum atomic E-state index is -3.59. The summed E-state index contributed by atoms with van der Waals surface area (Å²) in [7, 11) is -3.59. The summed E-state index contributed by atoms with van der Waals surface area (Å²) in [6, 6.07) is 13.4. The summed E-state index contributed by atoms with van der Waals surface area (Å²) in [5, 5.41) is 0. The molecule has 1 heterocycles. The van der Waals surface area contributed by atoms with Crippen LogP contribution in [0.2, 0.25) is 0 Å². The molecule has 3 rings (SSSR count). The number of hydrogen-bond acceptors (Lipinski definition) is 4. The van der Waals surface area contributed by atoms with E-state index in [9.17, 15) is 8.42 Å². The number of amidine groups is 1. The van der Waals surface area contributed by atoms with Gasteiger partial charge in [-0.2, -0.15) is 0 Å². The molecular formula is C27H38N2O3S. The summed E-state index contributed by atoms with van der Waals surface area (Å²) in [4.78, 5) is 4.75. The van der Waals surface area contributed by atoms with Crippen molar-refractivity contribution < 1.29 is 13.2 Å². The van der Waals surface area contributed by atoms with Gasteiger partial charge < -0.3 is 4.74 Å². The van der Waals surface area contributed by atoms with Crippen molar-refractivity contribution in [1.82, 2.24) is 4.31 Å². The molecular weight excluding hydrogens is 432 g/mol. The Bertz CT molecular complexity index is 1120. The second-order valence-corrected chi connectivity index (χ2v) is 13.2. The molecule has 2 aromatic carbocycles. The fourth-order valence-corrected chi connectivity index (χ4v) is 5.76. The smallest absolute Gasteiger partial charge is 0.267 e. The van der Waals surface area contributed by atoms with Crippen LogP contribution < -0.4 is 4.74 Å². The van der Waals surface area contributed by atoms with E-state index >= 15 is 0 Å². The highest BCUT2D eigenvalue weighted by Gasteiger charge is 2.31. The number of fused-ring (bicyclic) bond motifs is 1. The van der Waals surface area contributed by atoms with Crippen molar-refractivity contribution in [3.63, 3.8) is 0 Å². The van der Waals surface area contributed by atoms with Gasteiger partial charge in [0, 0.05) is 13.0 Å². The second-order valence-electron chi connectivity index (χ2n) is 11.3. The van der Waals surface area contributed by atoms with Crippen LogP contribution in [0.1, 0.15) is 66.0 Å². The van der Waals surface area contributed by atoms with Crippen molar-refractivity contribution in [2.45, 2.75) is 72.6 Å². The number of benzene rings is 2. The highest BCUT2D eigenvalue weighted by molar-refractivity contribution is 7.90. The predicted molar refractivity (Wildman–Crippen MR) is 136 cm³/mol. The van der Waals surface area contributed by atoms with Gasteiger partial charge >= 0.3 is 0 Å². The molecule has 0 saturated carbocycles. The van der Waals surface area contributed by atoms with E-state index in [4.69, 9.17) is 4.74 Å². The van der Waals surface area contributed by atoms with Crippen LogP contribution in [-0.2, 0) is 22.9 Å². The molecule has 0 atom stereocenters. The van der Waals surface area contributed by atoms with E-state index in [1.165, 1.54) is 15.4 Å². The molecule has 0 saturated heterocycles. The second kappa shape index (κ2) is 9.49. The van der Waals surface area contributed by atoms with Gasteiger partial charge in [0.2, 0.25) is 0 Å². The number of aliphatic imine (C=N–C) groups is 1. The average molecular weight is 471 g/mol. The lowest BCUT2D eigenvalue weighted by Gasteiger charge is -2.28. The van der Waals surface area contributed by atoms with Gasteiger partial charge in [-0.3, -0.25) is 4.31 Å². The lowest BCUT2D eigenvalue weighted by molar-refractivity contribution is 0.294. The van der Waals surface area contributed by atoms with E-state index < -0.39 is 10.0 Å². The zero-order valence-corrected chi connectivity index (χ0v) is 21.9. The van der Waals surface area contributed by atoms with Gasteiger partial charge in [0.15, 0.2) is 0 Å². The molecule has 0 aliphatic carbocycles. The van der Waals surface area contributed by atoms with E-state index in [2.05, 4.69) is 64.7 Å². The Morgan fingerprint density at radius 3 is 2.27 bits per heavy atom. The molecule has 0 bridgehead atoms. The third-order valence-electron chi connectivity index (χ3n) is 5.43. The van der Waals surface area contributed by atoms with E-state index in [-0.39, 0.29) is 15.7 Å². The Labute approximate surface area is 199 Å². The van der Waals surface area contributed by atoms with Gasteiger partial charge in [0.1, 0.15) is 16.5 Å². The number of hydrogen-bond donors (Lipinski definition) is 0. The molecule has 0 radical (unpaired) electrons. The van der Waals surface area contributed by atoms with Crippen LogP contribution in [0.15, 0.2) is 52.4 Å². The Balaban J connectivity index is 1.71. The number of para-hydroxylation sites is 1. The number of rotatable bonds is 7. The van der Waals surface area contributed by atoms with Crippen molar-refractivity contribution >= 4 is 21.5 Å². The standard InChI is InChI=1S/C27H38N2O3S/c1-20-28-23-11-8-9-12-25(23)33(30,31)29(20)15-10-16-32-24-17-21(18-26(2,3)4)13-14-22(24)19-27(5,6)7/h8-9,11-14,17H,10,15-16,18-19H2,1-7H3. The Morgan fingerprint density at radius 2 is 1.61 bits per heavy atom. The SMILES string of the molecule is CC1=Nc2ccccc2S(=O)(=O)N1CCCOc1cc(CC(C)(C)C)ccc1CC(C)(C)C. The van der Waals surface area contributed by atoms with Crippen LogP contribution in [0, 0.1) is 10.8 Å². The highest BCUT2D eigenvalue weighted by Crippen LogP contribution is 2.33.